The third kappa shape index (κ3) is 82.5. The average molecular weight is 2080 g/mol. The van der Waals surface area contributed by atoms with Gasteiger partial charge in [-0.2, -0.15) is 0 Å². The van der Waals surface area contributed by atoms with Crippen LogP contribution in [0.25, 0.3) is 0 Å². The molecule has 0 aliphatic rings. The van der Waals surface area contributed by atoms with Crippen molar-refractivity contribution in [1.29, 1.82) is 0 Å². The minimum Gasteiger partial charge on any atom is -0.252 e. The summed E-state index contributed by atoms with van der Waals surface area (Å²) in [5.41, 5.74) is 10.7. The summed E-state index contributed by atoms with van der Waals surface area (Å²) in [6.07, 6.45) is 68.7. The smallest absolute Gasteiger partial charge is 0.0829 e. The van der Waals surface area contributed by atoms with Crippen LogP contribution in [0.5, 0.6) is 0 Å². The van der Waals surface area contributed by atoms with E-state index in [0.29, 0.717) is 23.7 Å². The van der Waals surface area contributed by atoms with Crippen molar-refractivity contribution in [3.63, 3.8) is 0 Å². The van der Waals surface area contributed by atoms with Gasteiger partial charge in [0.2, 0.25) is 0 Å². The lowest BCUT2D eigenvalue weighted by atomic mass is 10.0. The van der Waals surface area contributed by atoms with E-state index < -0.39 is 0 Å². The molecule has 0 aliphatic carbocycles. The second-order valence-electron chi connectivity index (χ2n) is 50.8. The van der Waals surface area contributed by atoms with Crippen LogP contribution in [0.1, 0.15) is 506 Å². The van der Waals surface area contributed by atoms with Crippen molar-refractivity contribution in [2.45, 2.75) is 571 Å². The predicted octanol–water partition coefficient (Wildman–Crippen LogP) is 31.7. The summed E-state index contributed by atoms with van der Waals surface area (Å²) < 4.78 is 18.1. The van der Waals surface area contributed by atoms with Gasteiger partial charge in [0.15, 0.2) is 0 Å². The van der Waals surface area contributed by atoms with Gasteiger partial charge in [0.25, 0.3) is 0 Å². The first-order valence-electron chi connectivity index (χ1n) is 60.7. The molecule has 0 amide bonds. The van der Waals surface area contributed by atoms with Crippen LogP contribution in [-0.4, -0.2) is 135 Å². The maximum Gasteiger partial charge on any atom is 0.0829 e. The third-order valence-corrected chi connectivity index (χ3v) is 25.6. The molecule has 27 heteroatoms. The van der Waals surface area contributed by atoms with E-state index in [1.54, 1.807) is 0 Å². The van der Waals surface area contributed by atoms with Gasteiger partial charge in [0.05, 0.1) is 69.8 Å². The van der Waals surface area contributed by atoms with Crippen LogP contribution in [0.15, 0.2) is 55.8 Å². The summed E-state index contributed by atoms with van der Waals surface area (Å²) in [6.45, 7) is 90.2. The fraction of sp³-hybridized carbons (Fsp3) is 0.852. The number of aromatic nitrogens is 27. The number of unbranched alkanes of at least 4 members (excludes halogenated alkanes) is 8. The van der Waals surface area contributed by atoms with Gasteiger partial charge in [0, 0.05) is 96.1 Å². The van der Waals surface area contributed by atoms with Crippen LogP contribution in [0.4, 0.5) is 0 Å². The largest absolute Gasteiger partial charge is 0.252 e. The highest BCUT2D eigenvalue weighted by atomic mass is 15.5. The van der Waals surface area contributed by atoms with E-state index in [2.05, 4.69) is 393 Å². The van der Waals surface area contributed by atoms with Gasteiger partial charge in [-0.1, -0.05) is 405 Å². The molecule has 9 heterocycles. The minimum atomic E-state index is 0.634. The van der Waals surface area contributed by atoms with E-state index >= 15 is 0 Å². The van der Waals surface area contributed by atoms with Crippen molar-refractivity contribution in [3.05, 3.63) is 107 Å². The van der Waals surface area contributed by atoms with Crippen LogP contribution in [0.3, 0.4) is 0 Å². The standard InChI is InChI=1S/C15H29N3.4C14H27N3.3C13H25N3.C12H23N3/c1-13(2)8-5-6-11-18-15(12-16-17-18)10-7-9-14(3)4;1-12(2)7-5-6-10-17-11-14(15-16-17)9-8-13(3)4;1-12(2)7-5-6-10-17-14(11-15-16-17)9-8-13(3)4;1-12(2)8-6-5-7-9-17-11-14(15-16-17)10-13(3)4;1-12(2)8-6-5-7-9-14-11-17(16-15-14)10-13(3)4;1-11(2)6-5-9-16-13(10-14-15-16)8-7-12(3)4;1-11(2)6-5-7-13-10-16(15-14-13)9-8-12(3)4;1-11(2)7-5-6-8-13-10-16(15-14-13)9-12(3)4;1-10(2)6-5-7-12-9-15(14-13-12)8-11(3)4/h12-14H,5-11H2,1-4H3;4*11-13H,5-10H2,1-4H3;3*10-12H,5-9H2,1-4H3;9-11H,5-8H2,1-4H3. The van der Waals surface area contributed by atoms with Crippen LogP contribution in [0, 0.1) is 107 Å². The molecular formula is C122H235N27. The molecule has 149 heavy (non-hydrogen) atoms. The third-order valence-electron chi connectivity index (χ3n) is 25.6. The highest BCUT2D eigenvalue weighted by Gasteiger charge is 2.15. The fourth-order valence-electron chi connectivity index (χ4n) is 16.6. The highest BCUT2D eigenvalue weighted by molar-refractivity contribution is 5.00. The zero-order valence-corrected chi connectivity index (χ0v) is 104. The van der Waals surface area contributed by atoms with Crippen LogP contribution in [-0.2, 0) is 117 Å². The molecule has 0 saturated carbocycles. The number of rotatable bonds is 68. The molecule has 0 fully saturated rings. The Morgan fingerprint density at radius 2 is 0.383 bits per heavy atom. The van der Waals surface area contributed by atoms with Crippen LogP contribution >= 0.6 is 0 Å². The molecule has 0 atom stereocenters. The Labute approximate surface area is 914 Å². The van der Waals surface area contributed by atoms with Gasteiger partial charge in [-0.15, -0.1) is 45.9 Å². The zero-order valence-electron chi connectivity index (χ0n) is 104. The Hall–Kier alpha value is -7.74. The molecule has 858 valence electrons. The van der Waals surface area contributed by atoms with E-state index in [4.69, 9.17) is 0 Å². The second-order valence-corrected chi connectivity index (χ2v) is 50.8. The first-order valence-corrected chi connectivity index (χ1v) is 60.7. The van der Waals surface area contributed by atoms with Crippen molar-refractivity contribution in [3.8, 4) is 0 Å². The van der Waals surface area contributed by atoms with Gasteiger partial charge < -0.3 is 0 Å². The van der Waals surface area contributed by atoms with Crippen molar-refractivity contribution < 1.29 is 0 Å². The lowest BCUT2D eigenvalue weighted by Crippen LogP contribution is -2.07. The number of hydrogen-bond acceptors (Lipinski definition) is 18. The molecule has 0 aromatic carbocycles. The Bertz CT molecular complexity index is 4360. The number of nitrogens with zero attached hydrogens (tertiary/aromatic N) is 27. The Balaban J connectivity index is 0.000000838. The van der Waals surface area contributed by atoms with Crippen LogP contribution < -0.4 is 0 Å². The van der Waals surface area contributed by atoms with E-state index in [9.17, 15) is 0 Å². The number of aryl methyl sites for hydroxylation is 14. The van der Waals surface area contributed by atoms with Crippen molar-refractivity contribution in [2.75, 3.05) is 0 Å². The van der Waals surface area contributed by atoms with E-state index in [0.717, 1.165) is 234 Å². The fourth-order valence-corrected chi connectivity index (χ4v) is 16.6. The predicted molar refractivity (Wildman–Crippen MR) is 628 cm³/mol. The summed E-state index contributed by atoms with van der Waals surface area (Å²) in [6, 6.07) is 0. The summed E-state index contributed by atoms with van der Waals surface area (Å²) >= 11 is 0. The van der Waals surface area contributed by atoms with Gasteiger partial charge in [0.1, 0.15) is 0 Å². The first kappa shape index (κ1) is 139. The normalized spacial score (nSPS) is 11.6. The Morgan fingerprint density at radius 3 is 0.711 bits per heavy atom. The van der Waals surface area contributed by atoms with Crippen molar-refractivity contribution in [1.82, 2.24) is 135 Å². The topological polar surface area (TPSA) is 276 Å². The lowest BCUT2D eigenvalue weighted by molar-refractivity contribution is 0.465. The van der Waals surface area contributed by atoms with E-state index in [1.807, 2.05) is 46.7 Å². The summed E-state index contributed by atoms with van der Waals surface area (Å²) in [5.74, 6) is 13.6. The molecule has 27 nitrogen and oxygen atoms in total. The molecule has 0 N–H and O–H groups in total. The molecule has 9 aromatic heterocycles. The summed E-state index contributed by atoms with van der Waals surface area (Å²) in [5, 5.41) is 74.7. The lowest BCUT2D eigenvalue weighted by Gasteiger charge is -2.08. The maximum absolute atomic E-state index is 4.21. The van der Waals surface area contributed by atoms with Gasteiger partial charge in [-0.3, -0.25) is 28.1 Å². The minimum absolute atomic E-state index is 0.634. The van der Waals surface area contributed by atoms with E-state index in [-0.39, 0.29) is 0 Å². The molecular weight excluding hydrogens is 1840 g/mol. The molecule has 0 spiro atoms. The average Bonchev–Trinajstić information content (AvgIpc) is 1.77. The SMILES string of the molecule is CC(C)CCCCCc1cn(CC(C)C)nn1.CC(C)CCCCCn1cc(CC(C)C)nn1.CC(C)CCCCc1cn(CC(C)C)nn1.CC(C)CCCCn1cc(CCC(C)C)nn1.CC(C)CCCCn1nncc1CCC(C)C.CC(C)CCCCn1nncc1CCCC(C)C.CC(C)CCCc1cn(CC(C)C)nn1.CC(C)CCCc1cn(CCC(C)C)nn1.CC(C)CCCn1nncc1CCC(C)C. The van der Waals surface area contributed by atoms with Crippen molar-refractivity contribution in [2.24, 2.45) is 107 Å². The van der Waals surface area contributed by atoms with Gasteiger partial charge >= 0.3 is 0 Å². The second kappa shape index (κ2) is 86.6. The molecule has 9 aromatic rings. The monoisotopic (exact) mass is 2080 g/mol. The summed E-state index contributed by atoms with van der Waals surface area (Å²) in [7, 11) is 0. The van der Waals surface area contributed by atoms with Gasteiger partial charge in [-0.05, 0) is 261 Å². The highest BCUT2D eigenvalue weighted by Crippen LogP contribution is 2.21. The van der Waals surface area contributed by atoms with Crippen LogP contribution in [0.2, 0.25) is 0 Å². The molecule has 9 rings (SSSR count). The molecule has 0 bridgehead atoms. The maximum atomic E-state index is 4.21. The van der Waals surface area contributed by atoms with Gasteiger partial charge in [-0.25, -0.2) is 14.0 Å². The van der Waals surface area contributed by atoms with Crippen molar-refractivity contribution >= 4 is 0 Å². The Kier molecular flexibility index (Phi) is 80.9. The quantitative estimate of drug-likeness (QED) is 0.0320. The molecule has 0 aliphatic heterocycles. The summed E-state index contributed by atoms with van der Waals surface area (Å²) in [4.78, 5) is 0. The Morgan fingerprint density at radius 1 is 0.161 bits per heavy atom. The number of hydrogen-bond donors (Lipinski definition) is 0. The van der Waals surface area contributed by atoms with E-state index in [1.165, 1.54) is 223 Å². The molecule has 0 radical (unpaired) electrons. The molecule has 0 saturated heterocycles. The zero-order chi connectivity index (χ0) is 111. The molecule has 0 unspecified atom stereocenters. The first-order chi connectivity index (χ1) is 70.7.